The topological polar surface area (TPSA) is 273 Å². The van der Waals surface area contributed by atoms with Crippen LogP contribution < -0.4 is 21.3 Å². The Kier molecular flexibility index (Phi) is 27.3. The summed E-state index contributed by atoms with van der Waals surface area (Å²) in [5.74, 6) is -2.42. The van der Waals surface area contributed by atoms with Crippen LogP contribution in [0.1, 0.15) is 168 Å². The number of pyridine rings is 4. The van der Waals surface area contributed by atoms with Crippen LogP contribution in [0.5, 0.6) is 0 Å². The first-order valence-corrected chi connectivity index (χ1v) is 30.9. The molecule has 0 aliphatic heterocycles. The van der Waals surface area contributed by atoms with E-state index in [2.05, 4.69) is 41.2 Å². The number of anilines is 4. The molecule has 0 aliphatic rings. The first-order chi connectivity index (χ1) is 44.9. The zero-order valence-electron chi connectivity index (χ0n) is 54.0. The van der Waals surface area contributed by atoms with Gasteiger partial charge in [-0.05, 0) is 188 Å². The Balaban J connectivity index is 0.000000283. The summed E-state index contributed by atoms with van der Waals surface area (Å²) in [7, 11) is 0. The molecule has 0 atom stereocenters. The Bertz CT molecular complexity index is 3400. The van der Waals surface area contributed by atoms with Crippen LogP contribution in [-0.4, -0.2) is 139 Å². The minimum Gasteiger partial charge on any atom is -0.338 e. The van der Waals surface area contributed by atoms with Crippen molar-refractivity contribution < 1.29 is 38.4 Å². The highest BCUT2D eigenvalue weighted by Gasteiger charge is 2.21. The minimum atomic E-state index is -0.396. The lowest BCUT2D eigenvalue weighted by molar-refractivity contribution is 0.0758. The van der Waals surface area contributed by atoms with E-state index in [1.54, 1.807) is 98.5 Å². The van der Waals surface area contributed by atoms with E-state index in [1.807, 2.05) is 152 Å². The Labute approximate surface area is 543 Å². The maximum absolute atomic E-state index is 12.8. The van der Waals surface area contributed by atoms with Crippen LogP contribution in [0.15, 0.2) is 170 Å². The molecule has 4 heterocycles. The lowest BCUT2D eigenvalue weighted by Gasteiger charge is -2.18. The highest BCUT2D eigenvalue weighted by atomic mass is 16.2. The normalized spacial score (nSPS) is 10.3. The van der Waals surface area contributed by atoms with Gasteiger partial charge in [-0.1, -0.05) is 72.8 Å². The van der Waals surface area contributed by atoms with Gasteiger partial charge in [0.05, 0.1) is 6.07 Å². The molecule has 0 radical (unpaired) electrons. The average Bonchev–Trinajstić information content (AvgIpc) is 2.05. The third-order valence-corrected chi connectivity index (χ3v) is 14.7. The maximum Gasteiger partial charge on any atom is 0.274 e. The van der Waals surface area contributed by atoms with Crippen molar-refractivity contribution in [1.29, 1.82) is 5.26 Å². The van der Waals surface area contributed by atoms with Gasteiger partial charge in [0, 0.05) is 82.0 Å². The molecule has 21 heteroatoms. The van der Waals surface area contributed by atoms with E-state index in [0.29, 0.717) is 87.9 Å². The van der Waals surface area contributed by atoms with Crippen LogP contribution in [-0.2, 0) is 12.8 Å². The number of benzene rings is 4. The van der Waals surface area contributed by atoms with Crippen molar-refractivity contribution in [2.24, 2.45) is 0 Å². The fraction of sp³-hybridized carbons (Fsp3) is 0.264. The minimum absolute atomic E-state index is 0.167. The monoisotopic (exact) mass is 1250 g/mol. The number of rotatable bonds is 24. The summed E-state index contributed by atoms with van der Waals surface area (Å²) in [4.78, 5) is 125. The van der Waals surface area contributed by atoms with Crippen molar-refractivity contribution in [3.63, 3.8) is 0 Å². The van der Waals surface area contributed by atoms with Crippen LogP contribution in [0.4, 0.5) is 22.7 Å². The van der Waals surface area contributed by atoms with E-state index < -0.39 is 23.6 Å². The van der Waals surface area contributed by atoms with Gasteiger partial charge in [0.2, 0.25) is 0 Å². The van der Waals surface area contributed by atoms with Crippen molar-refractivity contribution >= 4 is 70.0 Å². The van der Waals surface area contributed by atoms with E-state index in [1.165, 1.54) is 6.92 Å². The van der Waals surface area contributed by atoms with E-state index in [-0.39, 0.29) is 69.2 Å². The maximum atomic E-state index is 12.8. The van der Waals surface area contributed by atoms with Gasteiger partial charge < -0.3 is 40.9 Å². The molecule has 8 rings (SSSR count). The van der Waals surface area contributed by atoms with Crippen molar-refractivity contribution in [1.82, 2.24) is 39.5 Å². The number of aromatic nitrogens is 4. The molecule has 21 nitrogen and oxygen atoms in total. The van der Waals surface area contributed by atoms with Gasteiger partial charge >= 0.3 is 0 Å². The van der Waals surface area contributed by atoms with Gasteiger partial charge in [0.25, 0.3) is 47.3 Å². The highest BCUT2D eigenvalue weighted by Crippen LogP contribution is 2.21. The van der Waals surface area contributed by atoms with E-state index in [4.69, 9.17) is 5.26 Å². The Morgan fingerprint density at radius 3 is 0.624 bits per heavy atom. The lowest BCUT2D eigenvalue weighted by atomic mass is 10.0. The lowest BCUT2D eigenvalue weighted by Crippen LogP contribution is -2.31. The molecule has 0 saturated carbocycles. The first kappa shape index (κ1) is 70.8. The molecule has 0 spiro atoms. The standard InChI is InChI=1S/2C35H38N6O4.C2H3N/c2*1-5-40(6-2)34(44)30-13-9-11-28(38-30)32(42)36-26-19-15-24(16-20-26)23-25-17-21-27(22-18-25)37-33(43)29-12-10-14-31(39-29)35(45)41(7-3)8-4;1-2-3/h2*9-22H,5-8,23H2,1-4H3,(H,36,42)(H,37,43);1H3. The number of nitriles is 1. The van der Waals surface area contributed by atoms with Gasteiger partial charge in [-0.25, -0.2) is 19.9 Å². The van der Waals surface area contributed by atoms with Gasteiger partial charge in [-0.2, -0.15) is 5.26 Å². The van der Waals surface area contributed by atoms with Crippen molar-refractivity contribution in [2.75, 3.05) is 73.6 Å². The van der Waals surface area contributed by atoms with Crippen LogP contribution in [0.3, 0.4) is 0 Å². The molecule has 8 aromatic rings. The van der Waals surface area contributed by atoms with Crippen LogP contribution in [0, 0.1) is 11.3 Å². The van der Waals surface area contributed by atoms with E-state index in [9.17, 15) is 38.4 Å². The van der Waals surface area contributed by atoms with E-state index in [0.717, 1.165) is 22.3 Å². The predicted molar refractivity (Wildman–Crippen MR) is 360 cm³/mol. The van der Waals surface area contributed by atoms with Gasteiger partial charge in [0.15, 0.2) is 0 Å². The van der Waals surface area contributed by atoms with Gasteiger partial charge in [-0.3, -0.25) is 38.4 Å². The summed E-state index contributed by atoms with van der Waals surface area (Å²) in [5, 5.41) is 18.7. The van der Waals surface area contributed by atoms with Crippen molar-refractivity contribution in [2.45, 2.75) is 75.2 Å². The second-order valence-corrected chi connectivity index (χ2v) is 20.7. The average molecular weight is 1250 g/mol. The zero-order valence-corrected chi connectivity index (χ0v) is 54.0. The van der Waals surface area contributed by atoms with Crippen LogP contribution in [0.2, 0.25) is 0 Å². The number of hydrogen-bond acceptors (Lipinski definition) is 13. The SMILES string of the molecule is CC#N.CCN(CC)C(=O)c1cccc(C(=O)Nc2ccc(Cc3ccc(NC(=O)c4cccc(C(=O)N(CC)CC)n4)cc3)cc2)n1.CCN(CC)C(=O)c1cccc(C(=O)Nc2ccc(Cc3ccc(NC(=O)c4cccc(C(=O)N(CC)CC)n4)cc3)cc2)n1. The third kappa shape index (κ3) is 20.4. The number of amides is 8. The molecule has 0 unspecified atom stereocenters. The Hall–Kier alpha value is -11.3. The Morgan fingerprint density at radius 1 is 0.301 bits per heavy atom. The quantitative estimate of drug-likeness (QED) is 0.0439. The van der Waals surface area contributed by atoms with E-state index >= 15 is 0 Å². The number of nitrogens with zero attached hydrogens (tertiary/aromatic N) is 9. The molecular weight excluding hydrogens is 1170 g/mol. The molecule has 0 saturated heterocycles. The molecule has 8 amide bonds. The molecule has 480 valence electrons. The highest BCUT2D eigenvalue weighted by molar-refractivity contribution is 6.06. The molecule has 4 aromatic heterocycles. The number of carbonyl (C=O) groups is 8. The summed E-state index contributed by atoms with van der Waals surface area (Å²) >= 11 is 0. The summed E-state index contributed by atoms with van der Waals surface area (Å²) in [6, 6.07) is 51.1. The number of hydrogen-bond donors (Lipinski definition) is 4. The second-order valence-electron chi connectivity index (χ2n) is 20.7. The van der Waals surface area contributed by atoms with Crippen LogP contribution in [0.25, 0.3) is 0 Å². The zero-order chi connectivity index (χ0) is 67.4. The van der Waals surface area contributed by atoms with Crippen molar-refractivity contribution in [3.05, 3.63) is 238 Å². The number of nitrogens with one attached hydrogen (secondary N) is 4. The molecule has 0 fully saturated rings. The summed E-state index contributed by atoms with van der Waals surface area (Å²) < 4.78 is 0. The van der Waals surface area contributed by atoms with Gasteiger partial charge in [-0.15, -0.1) is 0 Å². The summed E-state index contributed by atoms with van der Waals surface area (Å²) in [6.07, 6.45) is 1.30. The smallest absolute Gasteiger partial charge is 0.274 e. The number of carbonyl (C=O) groups excluding carboxylic acids is 8. The fourth-order valence-corrected chi connectivity index (χ4v) is 9.49. The molecular formula is C72H79N13O8. The fourth-order valence-electron chi connectivity index (χ4n) is 9.49. The van der Waals surface area contributed by atoms with Crippen LogP contribution >= 0.6 is 0 Å². The molecule has 4 aromatic carbocycles. The largest absolute Gasteiger partial charge is 0.338 e. The second kappa shape index (κ2) is 35.8. The Morgan fingerprint density at radius 2 is 0.462 bits per heavy atom. The molecule has 93 heavy (non-hydrogen) atoms. The predicted octanol–water partition coefficient (Wildman–Crippen LogP) is 11.6. The molecule has 0 aliphatic carbocycles. The van der Waals surface area contributed by atoms with Gasteiger partial charge in [0.1, 0.15) is 45.6 Å². The molecule has 4 N–H and O–H groups in total. The third-order valence-electron chi connectivity index (χ3n) is 14.7. The molecule has 0 bridgehead atoms. The van der Waals surface area contributed by atoms with Crippen molar-refractivity contribution in [3.8, 4) is 6.07 Å². The summed E-state index contributed by atoms with van der Waals surface area (Å²) in [5.41, 5.74) is 8.21. The first-order valence-electron chi connectivity index (χ1n) is 30.9. The summed E-state index contributed by atoms with van der Waals surface area (Å²) in [6.45, 7) is 21.1.